The van der Waals surface area contributed by atoms with Crippen LogP contribution >= 0.6 is 7.92 Å². The van der Waals surface area contributed by atoms with Crippen LogP contribution in [0.1, 0.15) is 51.4 Å². The van der Waals surface area contributed by atoms with Crippen molar-refractivity contribution in [3.63, 3.8) is 0 Å². The Morgan fingerprint density at radius 2 is 1.73 bits per heavy atom. The number of hydrogen-bond acceptors (Lipinski definition) is 0. The van der Waals surface area contributed by atoms with Crippen LogP contribution in [0.25, 0.3) is 0 Å². The first-order valence-electron chi connectivity index (χ1n) is 6.48. The molecule has 1 unspecified atom stereocenters. The molecule has 0 amide bonds. The van der Waals surface area contributed by atoms with Gasteiger partial charge in [0.2, 0.25) is 0 Å². The Balaban J connectivity index is 2.11. The average Bonchev–Trinajstić information content (AvgIpc) is 2.59. The summed E-state index contributed by atoms with van der Waals surface area (Å²) < 4.78 is 0. The van der Waals surface area contributed by atoms with Gasteiger partial charge in [0, 0.05) is 0 Å². The normalized spacial score (nSPS) is 28.7. The maximum absolute atomic E-state index is 2.57. The standard InChI is InChI=1S/C14H23P/c1-15-12-8-4-7-11-14(15)13-9-5-2-3-6-10-13/h9,11H,2-8,10,12H2,1H3. The minimum atomic E-state index is 0.176. The molecule has 0 bridgehead atoms. The SMILES string of the molecule is CP1CCCCC=C1C1=CCCCCC1. The molecule has 0 aromatic rings. The molecule has 0 spiro atoms. The van der Waals surface area contributed by atoms with Gasteiger partial charge in [-0.15, -0.1) is 0 Å². The molecule has 0 saturated heterocycles. The highest BCUT2D eigenvalue weighted by Crippen LogP contribution is 2.49. The topological polar surface area (TPSA) is 0 Å². The van der Waals surface area contributed by atoms with Crippen molar-refractivity contribution in [2.45, 2.75) is 51.4 Å². The summed E-state index contributed by atoms with van der Waals surface area (Å²) in [4.78, 5) is 0. The van der Waals surface area contributed by atoms with Gasteiger partial charge >= 0.3 is 0 Å². The molecule has 2 aliphatic rings. The minimum absolute atomic E-state index is 0.176. The highest BCUT2D eigenvalue weighted by Gasteiger charge is 2.15. The van der Waals surface area contributed by atoms with Crippen molar-refractivity contribution in [3.05, 3.63) is 23.0 Å². The second-order valence-electron chi connectivity index (χ2n) is 4.84. The van der Waals surface area contributed by atoms with Gasteiger partial charge < -0.3 is 0 Å². The molecule has 0 N–H and O–H groups in total. The van der Waals surface area contributed by atoms with Gasteiger partial charge in [0.25, 0.3) is 0 Å². The van der Waals surface area contributed by atoms with Crippen LogP contribution in [0.3, 0.4) is 0 Å². The molecule has 0 fully saturated rings. The van der Waals surface area contributed by atoms with Crippen LogP contribution in [0, 0.1) is 0 Å². The van der Waals surface area contributed by atoms with Gasteiger partial charge in [0.15, 0.2) is 0 Å². The van der Waals surface area contributed by atoms with Gasteiger partial charge in [-0.25, -0.2) is 0 Å². The van der Waals surface area contributed by atoms with Crippen molar-refractivity contribution in [3.8, 4) is 0 Å². The molecule has 1 heterocycles. The molecule has 15 heavy (non-hydrogen) atoms. The fourth-order valence-corrected chi connectivity index (χ4v) is 4.71. The predicted octanol–water partition coefficient (Wildman–Crippen LogP) is 5.06. The molecule has 1 atom stereocenters. The van der Waals surface area contributed by atoms with Gasteiger partial charge in [0.1, 0.15) is 0 Å². The number of allylic oxidation sites excluding steroid dienone is 4. The lowest BCUT2D eigenvalue weighted by molar-refractivity contribution is 0.713. The summed E-state index contributed by atoms with van der Waals surface area (Å²) >= 11 is 0. The van der Waals surface area contributed by atoms with E-state index in [4.69, 9.17) is 0 Å². The van der Waals surface area contributed by atoms with Crippen molar-refractivity contribution in [1.82, 2.24) is 0 Å². The van der Waals surface area contributed by atoms with Crippen LogP contribution in [0.4, 0.5) is 0 Å². The molecule has 0 radical (unpaired) electrons. The van der Waals surface area contributed by atoms with E-state index < -0.39 is 0 Å². The Kier molecular flexibility index (Phi) is 4.44. The first-order valence-corrected chi connectivity index (χ1v) is 8.46. The fourth-order valence-electron chi connectivity index (χ4n) is 2.63. The summed E-state index contributed by atoms with van der Waals surface area (Å²) in [5.74, 6) is 0. The lowest BCUT2D eigenvalue weighted by Gasteiger charge is -2.17. The number of hydrogen-bond donors (Lipinski definition) is 0. The lowest BCUT2D eigenvalue weighted by Crippen LogP contribution is -1.90. The van der Waals surface area contributed by atoms with Gasteiger partial charge in [-0.1, -0.05) is 26.5 Å². The third-order valence-electron chi connectivity index (χ3n) is 3.57. The average molecular weight is 222 g/mol. The molecule has 1 aliphatic carbocycles. The Labute approximate surface area is 95.6 Å². The fraction of sp³-hybridized carbons (Fsp3) is 0.714. The van der Waals surface area contributed by atoms with E-state index >= 15 is 0 Å². The Morgan fingerprint density at radius 1 is 0.933 bits per heavy atom. The van der Waals surface area contributed by atoms with Gasteiger partial charge in [-0.2, -0.15) is 0 Å². The summed E-state index contributed by atoms with van der Waals surface area (Å²) in [6.45, 7) is 2.48. The van der Waals surface area contributed by atoms with E-state index in [1.54, 1.807) is 10.9 Å². The molecule has 2 rings (SSSR count). The van der Waals surface area contributed by atoms with Crippen LogP contribution in [-0.2, 0) is 0 Å². The first-order chi connectivity index (χ1) is 7.38. The van der Waals surface area contributed by atoms with E-state index in [0.29, 0.717) is 0 Å². The maximum Gasteiger partial charge on any atom is -0.0254 e. The quantitative estimate of drug-likeness (QED) is 0.544. The van der Waals surface area contributed by atoms with E-state index in [1.807, 2.05) is 0 Å². The van der Waals surface area contributed by atoms with E-state index in [2.05, 4.69) is 18.8 Å². The number of rotatable bonds is 1. The zero-order chi connectivity index (χ0) is 10.5. The van der Waals surface area contributed by atoms with Crippen LogP contribution in [0.5, 0.6) is 0 Å². The van der Waals surface area contributed by atoms with Crippen molar-refractivity contribution < 1.29 is 0 Å². The summed E-state index contributed by atoms with van der Waals surface area (Å²) in [6.07, 6.45) is 17.8. The van der Waals surface area contributed by atoms with Crippen molar-refractivity contribution in [2.75, 3.05) is 12.8 Å². The van der Waals surface area contributed by atoms with Crippen molar-refractivity contribution >= 4 is 7.92 Å². The van der Waals surface area contributed by atoms with E-state index in [9.17, 15) is 0 Å². The molecule has 0 aromatic carbocycles. The zero-order valence-corrected chi connectivity index (χ0v) is 10.9. The highest BCUT2D eigenvalue weighted by molar-refractivity contribution is 7.61. The first kappa shape index (κ1) is 11.4. The Morgan fingerprint density at radius 3 is 2.67 bits per heavy atom. The monoisotopic (exact) mass is 222 g/mol. The highest BCUT2D eigenvalue weighted by atomic mass is 31.1. The van der Waals surface area contributed by atoms with Crippen molar-refractivity contribution in [2.24, 2.45) is 0 Å². The third-order valence-corrected chi connectivity index (χ3v) is 5.85. The smallest absolute Gasteiger partial charge is 0.0254 e. The second kappa shape index (κ2) is 5.85. The molecule has 0 saturated carbocycles. The minimum Gasteiger partial charge on any atom is -0.0807 e. The predicted molar refractivity (Wildman–Crippen MR) is 70.8 cm³/mol. The van der Waals surface area contributed by atoms with Gasteiger partial charge in [-0.3, -0.25) is 0 Å². The summed E-state index contributed by atoms with van der Waals surface area (Å²) in [6, 6.07) is 0. The van der Waals surface area contributed by atoms with E-state index in [-0.39, 0.29) is 7.92 Å². The summed E-state index contributed by atoms with van der Waals surface area (Å²) in [5, 5.41) is 1.77. The largest absolute Gasteiger partial charge is 0.0807 e. The van der Waals surface area contributed by atoms with Crippen LogP contribution in [-0.4, -0.2) is 12.8 Å². The molecule has 0 aromatic heterocycles. The Hall–Kier alpha value is -0.0900. The molecule has 1 aliphatic heterocycles. The van der Waals surface area contributed by atoms with Crippen LogP contribution < -0.4 is 0 Å². The van der Waals surface area contributed by atoms with Gasteiger partial charge in [-0.05, 0) is 68.7 Å². The van der Waals surface area contributed by atoms with Crippen LogP contribution in [0.2, 0.25) is 0 Å². The lowest BCUT2D eigenvalue weighted by atomic mass is 10.1. The summed E-state index contributed by atoms with van der Waals surface area (Å²) in [5.41, 5.74) is 1.73. The maximum atomic E-state index is 2.57. The van der Waals surface area contributed by atoms with Gasteiger partial charge in [0.05, 0.1) is 0 Å². The molecular formula is C14H23P. The zero-order valence-electron chi connectivity index (χ0n) is 9.97. The third kappa shape index (κ3) is 3.18. The molecule has 1 heteroatoms. The van der Waals surface area contributed by atoms with Crippen LogP contribution in [0.15, 0.2) is 23.0 Å². The molecule has 0 nitrogen and oxygen atoms in total. The Bertz CT molecular complexity index is 263. The second-order valence-corrected chi connectivity index (χ2v) is 7.16. The van der Waals surface area contributed by atoms with Crippen molar-refractivity contribution in [1.29, 1.82) is 0 Å². The van der Waals surface area contributed by atoms with E-state index in [0.717, 1.165) is 0 Å². The summed E-state index contributed by atoms with van der Waals surface area (Å²) in [7, 11) is 0.176. The molecule has 84 valence electrons. The molecular weight excluding hydrogens is 199 g/mol. The van der Waals surface area contributed by atoms with E-state index in [1.165, 1.54) is 57.5 Å².